The molecule has 0 aliphatic rings. The lowest BCUT2D eigenvalue weighted by Gasteiger charge is -2.10. The van der Waals surface area contributed by atoms with Crippen LogP contribution in [0.1, 0.15) is 5.56 Å². The van der Waals surface area contributed by atoms with Gasteiger partial charge in [0.1, 0.15) is 0 Å². The highest BCUT2D eigenvalue weighted by Crippen LogP contribution is 2.34. The minimum Gasteiger partial charge on any atom is -0.415 e. The standard InChI is InChI=1S/C15H11F4N3O3S/c1-7-6-8(2-3-10(7)26(23,24)15(18)19)12-11-9(4-5-20-12)21-22-13(11)25-14(16)17/h2-6,14-15H,1H3,(H,21,22). The zero-order valence-electron chi connectivity index (χ0n) is 13.1. The Labute approximate surface area is 144 Å². The number of nitrogens with zero attached hydrogens (tertiary/aromatic N) is 2. The van der Waals surface area contributed by atoms with E-state index in [1.54, 1.807) is 0 Å². The van der Waals surface area contributed by atoms with E-state index in [2.05, 4.69) is 19.9 Å². The van der Waals surface area contributed by atoms with Crippen molar-refractivity contribution in [3.63, 3.8) is 0 Å². The smallest absolute Gasteiger partial charge is 0.388 e. The minimum atomic E-state index is -4.76. The average Bonchev–Trinajstić information content (AvgIpc) is 2.96. The summed E-state index contributed by atoms with van der Waals surface area (Å²) in [5.74, 6) is -3.92. The zero-order chi connectivity index (χ0) is 19.1. The number of nitrogens with one attached hydrogen (secondary N) is 1. The van der Waals surface area contributed by atoms with Gasteiger partial charge in [-0.25, -0.2) is 8.42 Å². The van der Waals surface area contributed by atoms with Crippen molar-refractivity contribution in [2.75, 3.05) is 0 Å². The average molecular weight is 389 g/mol. The highest BCUT2D eigenvalue weighted by Gasteiger charge is 2.28. The molecule has 0 amide bonds. The maximum atomic E-state index is 12.7. The Morgan fingerprint density at radius 2 is 1.88 bits per heavy atom. The molecule has 0 aliphatic heterocycles. The Bertz CT molecular complexity index is 1070. The third kappa shape index (κ3) is 3.09. The first-order valence-corrected chi connectivity index (χ1v) is 8.67. The van der Waals surface area contributed by atoms with Gasteiger partial charge in [-0.15, -0.1) is 5.10 Å². The second-order valence-electron chi connectivity index (χ2n) is 5.28. The number of rotatable bonds is 5. The normalized spacial score (nSPS) is 12.3. The molecule has 0 radical (unpaired) electrons. The van der Waals surface area contributed by atoms with Gasteiger partial charge in [-0.05, 0) is 30.7 Å². The summed E-state index contributed by atoms with van der Waals surface area (Å²) in [6.45, 7) is -1.75. The van der Waals surface area contributed by atoms with Crippen LogP contribution in [-0.4, -0.2) is 36.0 Å². The van der Waals surface area contributed by atoms with Gasteiger partial charge in [-0.2, -0.15) is 17.6 Å². The van der Waals surface area contributed by atoms with Gasteiger partial charge in [0, 0.05) is 11.8 Å². The fraction of sp³-hybridized carbons (Fsp3) is 0.200. The number of pyridine rings is 1. The van der Waals surface area contributed by atoms with Crippen molar-refractivity contribution in [3.8, 4) is 17.1 Å². The number of hydrogen-bond acceptors (Lipinski definition) is 5. The van der Waals surface area contributed by atoms with Gasteiger partial charge in [0.2, 0.25) is 15.7 Å². The van der Waals surface area contributed by atoms with Crippen LogP contribution in [0.4, 0.5) is 17.6 Å². The maximum Gasteiger partial charge on any atom is 0.388 e. The summed E-state index contributed by atoms with van der Waals surface area (Å²) in [6.07, 6.45) is 1.39. The lowest BCUT2D eigenvalue weighted by molar-refractivity contribution is -0.0518. The van der Waals surface area contributed by atoms with Crippen molar-refractivity contribution in [3.05, 3.63) is 36.0 Å². The summed E-state index contributed by atoms with van der Waals surface area (Å²) in [4.78, 5) is 3.59. The Morgan fingerprint density at radius 3 is 2.50 bits per heavy atom. The summed E-state index contributed by atoms with van der Waals surface area (Å²) in [6, 6.07) is 5.12. The van der Waals surface area contributed by atoms with Crippen molar-refractivity contribution >= 4 is 20.7 Å². The number of benzene rings is 1. The Morgan fingerprint density at radius 1 is 1.15 bits per heavy atom. The Hall–Kier alpha value is -2.69. The van der Waals surface area contributed by atoms with Crippen LogP contribution in [0.2, 0.25) is 0 Å². The fourth-order valence-corrected chi connectivity index (χ4v) is 3.50. The molecule has 1 aromatic carbocycles. The van der Waals surface area contributed by atoms with Crippen LogP contribution in [0.3, 0.4) is 0 Å². The van der Waals surface area contributed by atoms with Gasteiger partial charge >= 0.3 is 12.4 Å². The maximum absolute atomic E-state index is 12.7. The molecular formula is C15H11F4N3O3S. The van der Waals surface area contributed by atoms with Crippen LogP contribution in [0.25, 0.3) is 22.2 Å². The van der Waals surface area contributed by atoms with Crippen molar-refractivity contribution in [2.45, 2.75) is 24.2 Å². The first-order chi connectivity index (χ1) is 12.2. The van der Waals surface area contributed by atoms with E-state index in [1.165, 1.54) is 31.3 Å². The summed E-state index contributed by atoms with van der Waals surface area (Å²) < 4.78 is 78.3. The highest BCUT2D eigenvalue weighted by atomic mass is 32.2. The molecule has 0 saturated carbocycles. The number of aryl methyl sites for hydroxylation is 1. The van der Waals surface area contributed by atoms with Gasteiger partial charge in [0.05, 0.1) is 21.5 Å². The number of hydrogen-bond donors (Lipinski definition) is 1. The lowest BCUT2D eigenvalue weighted by Crippen LogP contribution is -2.12. The molecular weight excluding hydrogens is 378 g/mol. The van der Waals surface area contributed by atoms with E-state index in [0.717, 1.165) is 6.07 Å². The van der Waals surface area contributed by atoms with Gasteiger partial charge in [-0.3, -0.25) is 10.1 Å². The number of halogens is 4. The first kappa shape index (κ1) is 18.1. The third-order valence-electron chi connectivity index (χ3n) is 3.63. The topological polar surface area (TPSA) is 84.9 Å². The third-order valence-corrected chi connectivity index (χ3v) is 5.17. The van der Waals surface area contributed by atoms with Crippen molar-refractivity contribution in [2.24, 2.45) is 0 Å². The molecule has 26 heavy (non-hydrogen) atoms. The highest BCUT2D eigenvalue weighted by molar-refractivity contribution is 7.91. The molecule has 0 aliphatic carbocycles. The molecule has 0 saturated heterocycles. The quantitative estimate of drug-likeness (QED) is 0.675. The molecule has 0 atom stereocenters. The van der Waals surface area contributed by atoms with E-state index in [1.807, 2.05) is 0 Å². The minimum absolute atomic E-state index is 0.0708. The number of aromatic amines is 1. The molecule has 0 spiro atoms. The molecule has 3 aromatic rings. The lowest BCUT2D eigenvalue weighted by atomic mass is 10.1. The SMILES string of the molecule is Cc1cc(-c2nccc3[nH]nc(OC(F)F)c23)ccc1S(=O)(=O)C(F)F. The summed E-state index contributed by atoms with van der Waals surface area (Å²) in [5, 5.41) is 6.35. The molecule has 138 valence electrons. The second-order valence-corrected chi connectivity index (χ2v) is 7.16. The first-order valence-electron chi connectivity index (χ1n) is 7.12. The molecule has 0 bridgehead atoms. The van der Waals surface area contributed by atoms with E-state index >= 15 is 0 Å². The molecule has 2 aromatic heterocycles. The van der Waals surface area contributed by atoms with Gasteiger partial charge in [0.15, 0.2) is 0 Å². The van der Waals surface area contributed by atoms with Crippen LogP contribution in [0.15, 0.2) is 35.4 Å². The van der Waals surface area contributed by atoms with Gasteiger partial charge in [0.25, 0.3) is 0 Å². The zero-order valence-corrected chi connectivity index (χ0v) is 13.9. The van der Waals surface area contributed by atoms with Gasteiger partial charge < -0.3 is 4.74 Å². The van der Waals surface area contributed by atoms with Crippen LogP contribution < -0.4 is 4.74 Å². The molecule has 3 rings (SSSR count). The van der Waals surface area contributed by atoms with Crippen LogP contribution in [0.5, 0.6) is 5.88 Å². The van der Waals surface area contributed by atoms with Crippen LogP contribution >= 0.6 is 0 Å². The largest absolute Gasteiger partial charge is 0.415 e. The summed E-state index contributed by atoms with van der Waals surface area (Å²) in [5.41, 5.74) is 0.965. The molecule has 0 fully saturated rings. The van der Waals surface area contributed by atoms with E-state index in [9.17, 15) is 26.0 Å². The number of aromatic nitrogens is 3. The molecule has 11 heteroatoms. The van der Waals surface area contributed by atoms with Crippen molar-refractivity contribution in [1.82, 2.24) is 15.2 Å². The van der Waals surface area contributed by atoms with E-state index < -0.39 is 27.1 Å². The monoisotopic (exact) mass is 389 g/mol. The number of H-pyrrole nitrogens is 1. The van der Waals surface area contributed by atoms with Crippen molar-refractivity contribution < 1.29 is 30.7 Å². The predicted molar refractivity (Wildman–Crippen MR) is 83.9 cm³/mol. The Kier molecular flexibility index (Phi) is 4.57. The number of sulfone groups is 1. The summed E-state index contributed by atoms with van der Waals surface area (Å²) in [7, 11) is -4.76. The number of ether oxygens (including phenoxy) is 1. The molecule has 2 heterocycles. The number of alkyl halides is 4. The molecule has 0 unspecified atom stereocenters. The fourth-order valence-electron chi connectivity index (χ4n) is 2.54. The van der Waals surface area contributed by atoms with E-state index in [4.69, 9.17) is 0 Å². The summed E-state index contributed by atoms with van der Waals surface area (Å²) >= 11 is 0. The molecule has 6 nitrogen and oxygen atoms in total. The second kappa shape index (κ2) is 6.56. The Balaban J connectivity index is 2.16. The number of fused-ring (bicyclic) bond motifs is 1. The van der Waals surface area contributed by atoms with E-state index in [0.29, 0.717) is 11.1 Å². The van der Waals surface area contributed by atoms with Gasteiger partial charge in [-0.1, -0.05) is 6.07 Å². The van der Waals surface area contributed by atoms with Crippen LogP contribution in [0, 0.1) is 6.92 Å². The predicted octanol–water partition coefficient (Wildman–Crippen LogP) is 3.53. The van der Waals surface area contributed by atoms with Crippen molar-refractivity contribution in [1.29, 1.82) is 0 Å². The molecule has 1 N–H and O–H groups in total. The van der Waals surface area contributed by atoms with Crippen LogP contribution in [-0.2, 0) is 9.84 Å². The van der Waals surface area contributed by atoms with E-state index in [-0.39, 0.29) is 22.5 Å².